The molecule has 0 spiro atoms. The Labute approximate surface area is 179 Å². The van der Waals surface area contributed by atoms with Crippen molar-refractivity contribution < 1.29 is 19.0 Å². The zero-order valence-electron chi connectivity index (χ0n) is 17.2. The number of hydrogen-bond acceptors (Lipinski definition) is 5. The predicted molar refractivity (Wildman–Crippen MR) is 114 cm³/mol. The van der Waals surface area contributed by atoms with Crippen LogP contribution in [0.2, 0.25) is 0 Å². The zero-order valence-corrected chi connectivity index (χ0v) is 17.2. The quantitative estimate of drug-likeness (QED) is 0.671. The summed E-state index contributed by atoms with van der Waals surface area (Å²) in [6.45, 7) is 0.770. The lowest BCUT2D eigenvalue weighted by Gasteiger charge is -2.22. The third-order valence-electron chi connectivity index (χ3n) is 5.97. The van der Waals surface area contributed by atoms with Crippen molar-refractivity contribution in [2.24, 2.45) is 0 Å². The molecule has 7 heteroatoms. The number of aromatic nitrogens is 2. The van der Waals surface area contributed by atoms with Crippen molar-refractivity contribution in [3.63, 3.8) is 0 Å². The van der Waals surface area contributed by atoms with Gasteiger partial charge in [-0.2, -0.15) is 0 Å². The highest BCUT2D eigenvalue weighted by molar-refractivity contribution is 5.75. The molecule has 0 atom stereocenters. The molecule has 1 N–H and O–H groups in total. The zero-order chi connectivity index (χ0) is 21.5. The van der Waals surface area contributed by atoms with Gasteiger partial charge in [0.15, 0.2) is 17.4 Å². The molecular formula is C24H22FN3O3. The Morgan fingerprint density at radius 3 is 2.81 bits per heavy atom. The maximum absolute atomic E-state index is 14.3. The lowest BCUT2D eigenvalue weighted by molar-refractivity contribution is -0.136. The van der Waals surface area contributed by atoms with Crippen LogP contribution in [-0.4, -0.2) is 34.7 Å². The Bertz CT molecular complexity index is 1190. The van der Waals surface area contributed by atoms with Gasteiger partial charge in [-0.3, -0.25) is 4.79 Å². The van der Waals surface area contributed by atoms with Crippen LogP contribution in [0.25, 0.3) is 11.4 Å². The van der Waals surface area contributed by atoms with E-state index in [2.05, 4.69) is 4.90 Å². The maximum Gasteiger partial charge on any atom is 0.307 e. The van der Waals surface area contributed by atoms with E-state index in [9.17, 15) is 9.18 Å². The van der Waals surface area contributed by atoms with Gasteiger partial charge >= 0.3 is 5.97 Å². The van der Waals surface area contributed by atoms with E-state index in [0.29, 0.717) is 11.4 Å². The standard InChI is InChI=1S/C24H22FN3O3/c1-31-21-8-6-16(13-18(21)25)23-26-19-4-2-3-17(19)24(27-23)28-10-9-15-11-14(12-22(29)30)5-7-20(15)28/h5-8,11,13H,2-4,9-10,12H2,1H3,(H,29,30). The monoisotopic (exact) mass is 419 g/mol. The minimum absolute atomic E-state index is 0.0172. The van der Waals surface area contributed by atoms with E-state index in [1.165, 1.54) is 13.2 Å². The van der Waals surface area contributed by atoms with Crippen molar-refractivity contribution in [1.29, 1.82) is 0 Å². The second-order valence-electron chi connectivity index (χ2n) is 7.93. The molecule has 2 heterocycles. The van der Waals surface area contributed by atoms with E-state index in [1.807, 2.05) is 18.2 Å². The fourth-order valence-electron chi connectivity index (χ4n) is 4.53. The van der Waals surface area contributed by atoms with Crippen LogP contribution in [0.15, 0.2) is 36.4 Å². The molecule has 0 saturated heterocycles. The Morgan fingerprint density at radius 1 is 1.16 bits per heavy atom. The molecule has 158 valence electrons. The molecule has 0 radical (unpaired) electrons. The van der Waals surface area contributed by atoms with Gasteiger partial charge in [0, 0.05) is 29.1 Å². The summed E-state index contributed by atoms with van der Waals surface area (Å²) in [5, 5.41) is 9.08. The molecule has 0 bridgehead atoms. The predicted octanol–water partition coefficient (Wildman–Crippen LogP) is 4.10. The van der Waals surface area contributed by atoms with Crippen LogP contribution in [-0.2, 0) is 30.5 Å². The number of carboxylic acids is 1. The van der Waals surface area contributed by atoms with Gasteiger partial charge in [0.25, 0.3) is 0 Å². The molecular weight excluding hydrogens is 397 g/mol. The summed E-state index contributed by atoms with van der Waals surface area (Å²) in [5.41, 5.74) is 5.77. The number of aryl methyl sites for hydroxylation is 1. The molecule has 31 heavy (non-hydrogen) atoms. The molecule has 1 aliphatic heterocycles. The number of fused-ring (bicyclic) bond motifs is 2. The number of ether oxygens (including phenoxy) is 1. The Morgan fingerprint density at radius 2 is 2.03 bits per heavy atom. The van der Waals surface area contributed by atoms with Crippen LogP contribution in [0.3, 0.4) is 0 Å². The molecule has 0 amide bonds. The largest absolute Gasteiger partial charge is 0.494 e. The van der Waals surface area contributed by atoms with E-state index < -0.39 is 11.8 Å². The first-order valence-corrected chi connectivity index (χ1v) is 10.4. The molecule has 2 aliphatic rings. The van der Waals surface area contributed by atoms with Crippen molar-refractivity contribution in [2.75, 3.05) is 18.6 Å². The number of carbonyl (C=O) groups is 1. The number of nitrogens with zero attached hydrogens (tertiary/aromatic N) is 3. The van der Waals surface area contributed by atoms with Gasteiger partial charge in [0.1, 0.15) is 5.82 Å². The summed E-state index contributed by atoms with van der Waals surface area (Å²) in [6.07, 6.45) is 3.67. The third kappa shape index (κ3) is 3.50. The van der Waals surface area contributed by atoms with Gasteiger partial charge < -0.3 is 14.7 Å². The first-order valence-electron chi connectivity index (χ1n) is 10.4. The van der Waals surface area contributed by atoms with Crippen molar-refractivity contribution in [2.45, 2.75) is 32.1 Å². The van der Waals surface area contributed by atoms with Gasteiger partial charge in [-0.25, -0.2) is 14.4 Å². The normalized spacial score (nSPS) is 14.5. The van der Waals surface area contributed by atoms with E-state index in [1.54, 1.807) is 12.1 Å². The SMILES string of the molecule is COc1ccc(-c2nc3c(c(N4CCc5cc(CC(=O)O)ccc54)n2)CCC3)cc1F. The Hall–Kier alpha value is -3.48. The number of carboxylic acid groups (broad SMARTS) is 1. The molecule has 5 rings (SSSR count). The van der Waals surface area contributed by atoms with Gasteiger partial charge in [0.05, 0.1) is 13.5 Å². The number of benzene rings is 2. The number of aliphatic carboxylic acids is 1. The van der Waals surface area contributed by atoms with Crippen molar-refractivity contribution in [1.82, 2.24) is 9.97 Å². The van der Waals surface area contributed by atoms with E-state index in [4.69, 9.17) is 19.8 Å². The molecule has 1 aromatic heterocycles. The average molecular weight is 419 g/mol. The second-order valence-corrected chi connectivity index (χ2v) is 7.93. The number of methoxy groups -OCH3 is 1. The smallest absolute Gasteiger partial charge is 0.307 e. The van der Waals surface area contributed by atoms with Crippen molar-refractivity contribution >= 4 is 17.5 Å². The van der Waals surface area contributed by atoms with Crippen LogP contribution < -0.4 is 9.64 Å². The number of anilines is 2. The van der Waals surface area contributed by atoms with E-state index in [-0.39, 0.29) is 12.2 Å². The number of rotatable bonds is 5. The molecule has 3 aromatic rings. The maximum atomic E-state index is 14.3. The van der Waals surface area contributed by atoms with Crippen molar-refractivity contribution in [3.8, 4) is 17.1 Å². The van der Waals surface area contributed by atoms with Crippen LogP contribution in [0, 0.1) is 5.82 Å². The number of hydrogen-bond donors (Lipinski definition) is 1. The van der Waals surface area contributed by atoms with Gasteiger partial charge in [-0.15, -0.1) is 0 Å². The number of halogens is 1. The summed E-state index contributed by atoms with van der Waals surface area (Å²) in [7, 11) is 1.44. The van der Waals surface area contributed by atoms with E-state index >= 15 is 0 Å². The molecule has 2 aromatic carbocycles. The summed E-state index contributed by atoms with van der Waals surface area (Å²) in [5.74, 6) is 0.297. The third-order valence-corrected chi connectivity index (χ3v) is 5.97. The average Bonchev–Trinajstić information content (AvgIpc) is 3.39. The minimum Gasteiger partial charge on any atom is -0.494 e. The minimum atomic E-state index is -0.834. The topological polar surface area (TPSA) is 75.5 Å². The lowest BCUT2D eigenvalue weighted by atomic mass is 10.1. The van der Waals surface area contributed by atoms with Gasteiger partial charge in [0.2, 0.25) is 0 Å². The summed E-state index contributed by atoms with van der Waals surface area (Å²) >= 11 is 0. The summed E-state index contributed by atoms with van der Waals surface area (Å²) < 4.78 is 19.3. The molecule has 0 fully saturated rings. The van der Waals surface area contributed by atoms with Gasteiger partial charge in [-0.05, 0) is 61.1 Å². The molecule has 6 nitrogen and oxygen atoms in total. The van der Waals surface area contributed by atoms with Crippen LogP contribution in [0.5, 0.6) is 5.75 Å². The first kappa shape index (κ1) is 19.5. The Kier molecular flexibility index (Phi) is 4.81. The Balaban J connectivity index is 1.57. The summed E-state index contributed by atoms with van der Waals surface area (Å²) in [4.78, 5) is 22.9. The van der Waals surface area contributed by atoms with E-state index in [0.717, 1.165) is 66.1 Å². The van der Waals surface area contributed by atoms with Crippen LogP contribution in [0.4, 0.5) is 15.9 Å². The first-order chi connectivity index (χ1) is 15.0. The lowest BCUT2D eigenvalue weighted by Crippen LogP contribution is -2.18. The van der Waals surface area contributed by atoms with Crippen LogP contribution >= 0.6 is 0 Å². The highest BCUT2D eigenvalue weighted by Crippen LogP contribution is 2.40. The molecule has 0 unspecified atom stereocenters. The second kappa shape index (κ2) is 7.65. The fraction of sp³-hybridized carbons (Fsp3) is 0.292. The highest BCUT2D eigenvalue weighted by Gasteiger charge is 2.28. The van der Waals surface area contributed by atoms with Gasteiger partial charge in [-0.1, -0.05) is 12.1 Å². The van der Waals surface area contributed by atoms with Crippen molar-refractivity contribution in [3.05, 3.63) is 64.6 Å². The van der Waals surface area contributed by atoms with Crippen LogP contribution in [0.1, 0.15) is 28.8 Å². The molecule has 1 aliphatic carbocycles. The highest BCUT2D eigenvalue weighted by atomic mass is 19.1. The fourth-order valence-corrected chi connectivity index (χ4v) is 4.53. The molecule has 0 saturated carbocycles. The summed E-state index contributed by atoms with van der Waals surface area (Å²) in [6, 6.07) is 10.6.